The van der Waals surface area contributed by atoms with Gasteiger partial charge in [0, 0.05) is 37.1 Å². The van der Waals surface area contributed by atoms with Gasteiger partial charge in [-0.2, -0.15) is 0 Å². The van der Waals surface area contributed by atoms with Gasteiger partial charge in [-0.05, 0) is 98.6 Å². The van der Waals surface area contributed by atoms with Gasteiger partial charge in [-0.15, -0.1) is 11.3 Å². The molecule has 0 amide bonds. The van der Waals surface area contributed by atoms with Crippen LogP contribution in [-0.2, 0) is 5.41 Å². The van der Waals surface area contributed by atoms with Crippen molar-refractivity contribution in [2.24, 2.45) is 0 Å². The second-order valence-electron chi connectivity index (χ2n) is 14.8. The summed E-state index contributed by atoms with van der Waals surface area (Å²) in [5.74, 6) is 0. The molecule has 10 aromatic rings. The fraction of sp³-hybridized carbons (Fsp3) is 0.0182. The van der Waals surface area contributed by atoms with Crippen LogP contribution in [-0.4, -0.2) is 0 Å². The van der Waals surface area contributed by atoms with Crippen molar-refractivity contribution in [1.29, 1.82) is 0 Å². The number of rotatable bonds is 7. The molecular formula is C55H37NS. The van der Waals surface area contributed by atoms with Crippen molar-refractivity contribution in [2.45, 2.75) is 5.41 Å². The Morgan fingerprint density at radius 2 is 0.895 bits per heavy atom. The van der Waals surface area contributed by atoms with Gasteiger partial charge in [0.1, 0.15) is 0 Å². The van der Waals surface area contributed by atoms with E-state index in [9.17, 15) is 0 Å². The van der Waals surface area contributed by atoms with E-state index in [1.54, 1.807) is 0 Å². The Morgan fingerprint density at radius 3 is 1.60 bits per heavy atom. The Morgan fingerprint density at radius 1 is 0.351 bits per heavy atom. The summed E-state index contributed by atoms with van der Waals surface area (Å²) >= 11 is 1.88. The smallest absolute Gasteiger partial charge is 0.0713 e. The van der Waals surface area contributed by atoms with Crippen molar-refractivity contribution >= 4 is 48.6 Å². The molecule has 1 nitrogen and oxygen atoms in total. The van der Waals surface area contributed by atoms with E-state index in [0.717, 1.165) is 17.1 Å². The number of hydrogen-bond acceptors (Lipinski definition) is 2. The van der Waals surface area contributed by atoms with Gasteiger partial charge in [-0.1, -0.05) is 176 Å². The van der Waals surface area contributed by atoms with Crippen LogP contribution in [0.5, 0.6) is 0 Å². The molecule has 2 heteroatoms. The zero-order valence-electron chi connectivity index (χ0n) is 31.2. The minimum atomic E-state index is -0.459. The van der Waals surface area contributed by atoms with Gasteiger partial charge in [-0.3, -0.25) is 0 Å². The Bertz CT molecular complexity index is 3010. The number of hydrogen-bond donors (Lipinski definition) is 0. The molecule has 0 spiro atoms. The standard InChI is InChI=1S/C55H37NS/c1-4-17-38(18-5-1)39-31-34-43(35-32-39)56(42-21-8-3-9-22-42)51-29-15-12-25-46(51)47-26-16-30-53-54(47)48-37-41(33-36-52(48)57-53)55(40-19-6-2-7-20-40)49-27-13-10-23-44(49)45-24-11-14-28-50(45)55/h1-37H. The van der Waals surface area contributed by atoms with Crippen molar-refractivity contribution in [3.63, 3.8) is 0 Å². The molecule has 0 unspecified atom stereocenters. The van der Waals surface area contributed by atoms with Gasteiger partial charge in [0.25, 0.3) is 0 Å². The first-order valence-corrected chi connectivity index (χ1v) is 20.4. The van der Waals surface area contributed by atoms with Crippen molar-refractivity contribution in [1.82, 2.24) is 0 Å². The van der Waals surface area contributed by atoms with Crippen molar-refractivity contribution in [3.05, 3.63) is 247 Å². The van der Waals surface area contributed by atoms with E-state index in [1.165, 1.54) is 75.8 Å². The van der Waals surface area contributed by atoms with Gasteiger partial charge < -0.3 is 4.90 Å². The molecule has 268 valence electrons. The van der Waals surface area contributed by atoms with Gasteiger partial charge >= 0.3 is 0 Å². The molecule has 1 aliphatic rings. The largest absolute Gasteiger partial charge is 0.310 e. The lowest BCUT2D eigenvalue weighted by Crippen LogP contribution is -2.28. The Labute approximate surface area is 337 Å². The van der Waals surface area contributed by atoms with Crippen LogP contribution in [0.2, 0.25) is 0 Å². The first-order valence-electron chi connectivity index (χ1n) is 19.6. The Balaban J connectivity index is 1.13. The van der Waals surface area contributed by atoms with E-state index in [2.05, 4.69) is 229 Å². The van der Waals surface area contributed by atoms with E-state index in [0.29, 0.717) is 0 Å². The van der Waals surface area contributed by atoms with E-state index < -0.39 is 5.41 Å². The van der Waals surface area contributed by atoms with E-state index in [4.69, 9.17) is 0 Å². The number of para-hydroxylation sites is 2. The fourth-order valence-corrected chi connectivity index (χ4v) is 10.4. The van der Waals surface area contributed by atoms with Gasteiger partial charge in [-0.25, -0.2) is 0 Å². The average molecular weight is 744 g/mol. The highest BCUT2D eigenvalue weighted by Crippen LogP contribution is 2.57. The maximum Gasteiger partial charge on any atom is 0.0713 e. The molecule has 11 rings (SSSR count). The normalized spacial score (nSPS) is 12.7. The number of anilines is 3. The van der Waals surface area contributed by atoms with Gasteiger partial charge in [0.2, 0.25) is 0 Å². The zero-order valence-corrected chi connectivity index (χ0v) is 32.0. The molecular weight excluding hydrogens is 707 g/mol. The van der Waals surface area contributed by atoms with Crippen LogP contribution in [0.3, 0.4) is 0 Å². The van der Waals surface area contributed by atoms with Crippen molar-refractivity contribution in [3.8, 4) is 33.4 Å². The maximum atomic E-state index is 2.50. The van der Waals surface area contributed by atoms with Crippen LogP contribution in [0.25, 0.3) is 53.6 Å². The molecule has 0 aliphatic heterocycles. The third-order valence-corrected chi connectivity index (χ3v) is 12.9. The molecule has 1 aliphatic carbocycles. The molecule has 57 heavy (non-hydrogen) atoms. The molecule has 0 atom stereocenters. The summed E-state index contributed by atoms with van der Waals surface area (Å²) in [6, 6.07) is 82.4. The van der Waals surface area contributed by atoms with Crippen molar-refractivity contribution in [2.75, 3.05) is 4.90 Å². The zero-order chi connectivity index (χ0) is 37.8. The first kappa shape index (κ1) is 33.3. The van der Waals surface area contributed by atoms with Crippen LogP contribution in [0.15, 0.2) is 224 Å². The maximum absolute atomic E-state index is 2.50. The van der Waals surface area contributed by atoms with E-state index >= 15 is 0 Å². The summed E-state index contributed by atoms with van der Waals surface area (Å²) in [6.45, 7) is 0. The molecule has 1 heterocycles. The number of benzene rings is 9. The van der Waals surface area contributed by atoms with Crippen molar-refractivity contribution < 1.29 is 0 Å². The lowest BCUT2D eigenvalue weighted by molar-refractivity contribution is 0.770. The SMILES string of the molecule is c1ccc(-c2ccc(N(c3ccccc3)c3ccccc3-c3cccc4sc5ccc(C6(c7ccccc7)c7ccccc7-c7ccccc76)cc5c34)cc2)cc1. The minimum Gasteiger partial charge on any atom is -0.310 e. The number of thiophene rings is 1. The number of fused-ring (bicyclic) bond motifs is 6. The predicted molar refractivity (Wildman–Crippen MR) is 242 cm³/mol. The van der Waals surface area contributed by atoms with Crippen LogP contribution >= 0.6 is 11.3 Å². The molecule has 0 bridgehead atoms. The topological polar surface area (TPSA) is 3.24 Å². The summed E-state index contributed by atoms with van der Waals surface area (Å²) in [6.07, 6.45) is 0. The summed E-state index contributed by atoms with van der Waals surface area (Å²) < 4.78 is 2.58. The van der Waals surface area contributed by atoms with Gasteiger partial charge in [0.05, 0.1) is 11.1 Å². The third-order valence-electron chi connectivity index (χ3n) is 11.8. The Hall–Kier alpha value is -7.00. The van der Waals surface area contributed by atoms with Crippen LogP contribution in [0.4, 0.5) is 17.1 Å². The second kappa shape index (κ2) is 13.6. The van der Waals surface area contributed by atoms with Crippen LogP contribution in [0.1, 0.15) is 22.3 Å². The van der Waals surface area contributed by atoms with E-state index in [-0.39, 0.29) is 0 Å². The molecule has 9 aromatic carbocycles. The highest BCUT2D eigenvalue weighted by molar-refractivity contribution is 7.26. The molecule has 0 fully saturated rings. The average Bonchev–Trinajstić information content (AvgIpc) is 3.82. The lowest BCUT2D eigenvalue weighted by Gasteiger charge is -2.34. The Kier molecular flexibility index (Phi) is 7.98. The first-order chi connectivity index (χ1) is 28.3. The predicted octanol–water partition coefficient (Wildman–Crippen LogP) is 15.2. The summed E-state index contributed by atoms with van der Waals surface area (Å²) in [7, 11) is 0. The summed E-state index contributed by atoms with van der Waals surface area (Å²) in [4.78, 5) is 2.40. The lowest BCUT2D eigenvalue weighted by atomic mass is 9.67. The molecule has 0 saturated heterocycles. The quantitative estimate of drug-likeness (QED) is 0.157. The molecule has 0 saturated carbocycles. The second-order valence-corrected chi connectivity index (χ2v) is 15.9. The monoisotopic (exact) mass is 743 g/mol. The van der Waals surface area contributed by atoms with E-state index in [1.807, 2.05) is 11.3 Å². The summed E-state index contributed by atoms with van der Waals surface area (Å²) in [5.41, 5.74) is 15.6. The highest BCUT2D eigenvalue weighted by atomic mass is 32.1. The number of nitrogens with zero attached hydrogens (tertiary/aromatic N) is 1. The summed E-state index contributed by atoms with van der Waals surface area (Å²) in [5, 5.41) is 2.58. The van der Waals surface area contributed by atoms with Crippen LogP contribution < -0.4 is 4.90 Å². The molecule has 0 N–H and O–H groups in total. The fourth-order valence-electron chi connectivity index (χ4n) is 9.33. The molecule has 1 aromatic heterocycles. The van der Waals surface area contributed by atoms with Gasteiger partial charge in [0.15, 0.2) is 0 Å². The third kappa shape index (κ3) is 5.29. The highest BCUT2D eigenvalue weighted by Gasteiger charge is 2.46. The van der Waals surface area contributed by atoms with Crippen LogP contribution in [0, 0.1) is 0 Å². The minimum absolute atomic E-state index is 0.459. The molecule has 0 radical (unpaired) electrons.